The van der Waals surface area contributed by atoms with E-state index in [0.29, 0.717) is 33.1 Å². The van der Waals surface area contributed by atoms with Crippen LogP contribution in [0.15, 0.2) is 24.5 Å². The van der Waals surface area contributed by atoms with Crippen molar-refractivity contribution >= 4 is 29.0 Å². The summed E-state index contributed by atoms with van der Waals surface area (Å²) in [7, 11) is 0. The zero-order valence-corrected chi connectivity index (χ0v) is 12.3. The van der Waals surface area contributed by atoms with Crippen LogP contribution in [0.5, 0.6) is 11.6 Å². The molecule has 0 N–H and O–H groups in total. The highest BCUT2D eigenvalue weighted by atomic mass is 35.5. The van der Waals surface area contributed by atoms with Crippen LogP contribution in [-0.4, -0.2) is 19.6 Å². The van der Waals surface area contributed by atoms with E-state index in [9.17, 15) is 0 Å². The molecule has 0 aliphatic carbocycles. The first kappa shape index (κ1) is 13.1. The third-order valence-corrected chi connectivity index (χ3v) is 3.51. The number of ether oxygens (including phenoxy) is 1. The number of benzene rings is 1. The fourth-order valence-corrected chi connectivity index (χ4v) is 2.10. The number of fused-ring (bicyclic) bond motifs is 1. The summed E-state index contributed by atoms with van der Waals surface area (Å²) in [4.78, 5) is 8.14. The van der Waals surface area contributed by atoms with Gasteiger partial charge in [0.2, 0.25) is 5.88 Å². The Morgan fingerprint density at radius 1 is 1.20 bits per heavy atom. The summed E-state index contributed by atoms with van der Waals surface area (Å²) in [6.45, 7) is 3.74. The van der Waals surface area contributed by atoms with Crippen LogP contribution >= 0.6 is 23.2 Å². The highest BCUT2D eigenvalue weighted by molar-refractivity contribution is 6.31. The van der Waals surface area contributed by atoms with E-state index >= 15 is 0 Å². The Kier molecular flexibility index (Phi) is 3.23. The first-order chi connectivity index (χ1) is 9.56. The molecule has 2 aromatic heterocycles. The second-order valence-electron chi connectivity index (χ2n) is 4.32. The molecule has 20 heavy (non-hydrogen) atoms. The standard InChI is InChI=1S/C13H10Cl2N4O/c1-7-3-4-9(14)5-10(7)20-12-8(2)11(15)18-13-16-6-17-19(12)13/h3-6H,1-2H3. The van der Waals surface area contributed by atoms with Crippen molar-refractivity contribution in [2.45, 2.75) is 13.8 Å². The summed E-state index contributed by atoms with van der Waals surface area (Å²) < 4.78 is 7.43. The molecular weight excluding hydrogens is 299 g/mol. The van der Waals surface area contributed by atoms with E-state index in [0.717, 1.165) is 5.56 Å². The molecule has 7 heteroatoms. The Morgan fingerprint density at radius 2 is 2.00 bits per heavy atom. The van der Waals surface area contributed by atoms with E-state index in [-0.39, 0.29) is 0 Å². The summed E-state index contributed by atoms with van der Waals surface area (Å²) in [6, 6.07) is 5.43. The minimum Gasteiger partial charge on any atom is -0.438 e. The van der Waals surface area contributed by atoms with Gasteiger partial charge in [-0.2, -0.15) is 19.6 Å². The predicted octanol–water partition coefficient (Wildman–Crippen LogP) is 3.84. The van der Waals surface area contributed by atoms with E-state index in [1.807, 2.05) is 19.9 Å². The molecular formula is C13H10Cl2N4O. The molecule has 0 atom stereocenters. The monoisotopic (exact) mass is 308 g/mol. The van der Waals surface area contributed by atoms with Gasteiger partial charge < -0.3 is 4.74 Å². The Balaban J connectivity index is 2.17. The highest BCUT2D eigenvalue weighted by Crippen LogP contribution is 2.31. The summed E-state index contributed by atoms with van der Waals surface area (Å²) in [5.74, 6) is 1.50. The minimum atomic E-state index is 0.334. The van der Waals surface area contributed by atoms with Crippen molar-refractivity contribution < 1.29 is 4.74 Å². The molecule has 0 amide bonds. The minimum absolute atomic E-state index is 0.334. The van der Waals surface area contributed by atoms with Crippen molar-refractivity contribution in [1.82, 2.24) is 19.6 Å². The molecule has 0 fully saturated rings. The van der Waals surface area contributed by atoms with Gasteiger partial charge >= 0.3 is 0 Å². The SMILES string of the molecule is Cc1ccc(Cl)cc1Oc1c(C)c(Cl)nc2ncnn12. The maximum Gasteiger partial charge on any atom is 0.256 e. The zero-order chi connectivity index (χ0) is 14.3. The molecule has 5 nitrogen and oxygen atoms in total. The maximum absolute atomic E-state index is 6.09. The van der Waals surface area contributed by atoms with Gasteiger partial charge in [0.05, 0.1) is 0 Å². The van der Waals surface area contributed by atoms with Crippen LogP contribution in [0.25, 0.3) is 5.78 Å². The van der Waals surface area contributed by atoms with E-state index in [4.69, 9.17) is 27.9 Å². The molecule has 3 aromatic rings. The third kappa shape index (κ3) is 2.19. The van der Waals surface area contributed by atoms with Crippen molar-refractivity contribution in [1.29, 1.82) is 0 Å². The second-order valence-corrected chi connectivity index (χ2v) is 5.11. The zero-order valence-electron chi connectivity index (χ0n) is 10.8. The summed E-state index contributed by atoms with van der Waals surface area (Å²) in [5.41, 5.74) is 1.64. The topological polar surface area (TPSA) is 52.3 Å². The quantitative estimate of drug-likeness (QED) is 0.675. The number of halogens is 2. The van der Waals surface area contributed by atoms with Crippen molar-refractivity contribution in [3.05, 3.63) is 45.8 Å². The van der Waals surface area contributed by atoms with Crippen LogP contribution in [0.2, 0.25) is 10.2 Å². The van der Waals surface area contributed by atoms with E-state index in [2.05, 4.69) is 15.1 Å². The predicted molar refractivity (Wildman–Crippen MR) is 76.8 cm³/mol. The number of aryl methyl sites for hydroxylation is 1. The molecule has 0 aliphatic heterocycles. The Labute approximate surface area is 125 Å². The van der Waals surface area contributed by atoms with Crippen LogP contribution in [0.3, 0.4) is 0 Å². The fraction of sp³-hybridized carbons (Fsp3) is 0.154. The molecule has 102 valence electrons. The first-order valence-corrected chi connectivity index (χ1v) is 6.61. The lowest BCUT2D eigenvalue weighted by atomic mass is 10.2. The number of hydrogen-bond donors (Lipinski definition) is 0. The Hall–Kier alpha value is -1.85. The van der Waals surface area contributed by atoms with E-state index in [1.54, 1.807) is 12.1 Å². The first-order valence-electron chi connectivity index (χ1n) is 5.86. The van der Waals surface area contributed by atoms with Crippen LogP contribution in [0.4, 0.5) is 0 Å². The van der Waals surface area contributed by atoms with Crippen molar-refractivity contribution in [3.63, 3.8) is 0 Å². The largest absolute Gasteiger partial charge is 0.438 e. The van der Waals surface area contributed by atoms with E-state index in [1.165, 1.54) is 10.8 Å². The van der Waals surface area contributed by atoms with Crippen molar-refractivity contribution in [2.24, 2.45) is 0 Å². The van der Waals surface area contributed by atoms with Crippen LogP contribution in [0, 0.1) is 13.8 Å². The summed E-state index contributed by atoms with van der Waals surface area (Å²) >= 11 is 12.1. The number of rotatable bonds is 2. The molecule has 1 aromatic carbocycles. The lowest BCUT2D eigenvalue weighted by Gasteiger charge is -2.12. The molecule has 0 aliphatic rings. The van der Waals surface area contributed by atoms with Crippen LogP contribution < -0.4 is 4.74 Å². The summed E-state index contributed by atoms with van der Waals surface area (Å²) in [6.07, 6.45) is 1.40. The van der Waals surface area contributed by atoms with Gasteiger partial charge in [0.1, 0.15) is 17.2 Å². The summed E-state index contributed by atoms with van der Waals surface area (Å²) in [5, 5.41) is 5.02. The number of hydrogen-bond acceptors (Lipinski definition) is 4. The van der Waals surface area contributed by atoms with Crippen molar-refractivity contribution in [3.8, 4) is 11.6 Å². The van der Waals surface area contributed by atoms with Crippen LogP contribution in [-0.2, 0) is 0 Å². The molecule has 0 saturated heterocycles. The van der Waals surface area contributed by atoms with Crippen LogP contribution in [0.1, 0.15) is 11.1 Å². The third-order valence-electron chi connectivity index (χ3n) is 2.91. The lowest BCUT2D eigenvalue weighted by Crippen LogP contribution is -2.02. The number of nitrogens with zero attached hydrogens (tertiary/aromatic N) is 4. The van der Waals surface area contributed by atoms with Gasteiger partial charge in [0.15, 0.2) is 0 Å². The average molecular weight is 309 g/mol. The van der Waals surface area contributed by atoms with Gasteiger partial charge in [-0.05, 0) is 31.5 Å². The molecule has 0 unspecified atom stereocenters. The highest BCUT2D eigenvalue weighted by Gasteiger charge is 2.15. The Morgan fingerprint density at radius 3 is 2.80 bits per heavy atom. The van der Waals surface area contributed by atoms with Gasteiger partial charge in [-0.25, -0.2) is 0 Å². The maximum atomic E-state index is 6.09. The Bertz CT molecular complexity index is 800. The molecule has 0 spiro atoms. The van der Waals surface area contributed by atoms with Gasteiger partial charge in [-0.15, -0.1) is 0 Å². The van der Waals surface area contributed by atoms with Gasteiger partial charge in [-0.1, -0.05) is 29.3 Å². The van der Waals surface area contributed by atoms with Gasteiger partial charge in [0.25, 0.3) is 5.78 Å². The van der Waals surface area contributed by atoms with E-state index < -0.39 is 0 Å². The molecule has 0 saturated carbocycles. The smallest absolute Gasteiger partial charge is 0.256 e. The molecule has 0 bridgehead atoms. The number of aromatic nitrogens is 4. The van der Waals surface area contributed by atoms with Gasteiger partial charge in [-0.3, -0.25) is 0 Å². The normalized spacial score (nSPS) is 11.0. The average Bonchev–Trinajstić information content (AvgIpc) is 2.86. The fourth-order valence-electron chi connectivity index (χ4n) is 1.78. The van der Waals surface area contributed by atoms with Crippen molar-refractivity contribution in [2.75, 3.05) is 0 Å². The molecule has 0 radical (unpaired) electrons. The van der Waals surface area contributed by atoms with Gasteiger partial charge in [0, 0.05) is 10.6 Å². The second kappa shape index (κ2) is 4.92. The molecule has 3 rings (SSSR count). The lowest BCUT2D eigenvalue weighted by molar-refractivity contribution is 0.439. The molecule has 2 heterocycles.